The van der Waals surface area contributed by atoms with Gasteiger partial charge < -0.3 is 20.9 Å². The molecule has 1 fully saturated rings. The van der Waals surface area contributed by atoms with Gasteiger partial charge in [-0.3, -0.25) is 4.79 Å². The van der Waals surface area contributed by atoms with Gasteiger partial charge in [0.2, 0.25) is 0 Å². The first kappa shape index (κ1) is 26.5. The number of nitrogens with two attached hydrogens (primary N) is 1. The minimum Gasteiger partial charge on any atom is -0.490 e. The number of hydrogen-bond donors (Lipinski definition) is 3. The van der Waals surface area contributed by atoms with E-state index in [1.54, 1.807) is 12.1 Å². The van der Waals surface area contributed by atoms with Gasteiger partial charge in [0.15, 0.2) is 5.13 Å². The van der Waals surface area contributed by atoms with E-state index in [1.165, 1.54) is 41.7 Å². The summed E-state index contributed by atoms with van der Waals surface area (Å²) in [5.74, 6) is -3.27. The van der Waals surface area contributed by atoms with Crippen LogP contribution in [0, 0.1) is 18.7 Å². The number of nitrogen functional groups attached to an aromatic ring is 1. The van der Waals surface area contributed by atoms with Gasteiger partial charge >= 0.3 is 6.18 Å². The molecule has 1 amide bonds. The molecular weight excluding hydrogens is 548 g/mol. The first-order chi connectivity index (χ1) is 18.9. The number of halogens is 4. The Morgan fingerprint density at radius 3 is 2.58 bits per heavy atom. The summed E-state index contributed by atoms with van der Waals surface area (Å²) in [6, 6.07) is 9.70. The minimum absolute atomic E-state index is 0.00464. The smallest absolute Gasteiger partial charge is 0.399 e. The summed E-state index contributed by atoms with van der Waals surface area (Å²) in [7, 11) is 0. The molecule has 7 nitrogen and oxygen atoms in total. The number of pyridine rings is 1. The van der Waals surface area contributed by atoms with Crippen molar-refractivity contribution in [3.8, 4) is 17.0 Å². The van der Waals surface area contributed by atoms with E-state index in [0.29, 0.717) is 34.6 Å². The van der Waals surface area contributed by atoms with Crippen molar-refractivity contribution in [2.75, 3.05) is 18.9 Å². The van der Waals surface area contributed by atoms with Crippen LogP contribution in [0.15, 0.2) is 42.5 Å². The molecule has 208 valence electrons. The molecular formula is C28H24F4N4O3S. The predicted molar refractivity (Wildman–Crippen MR) is 142 cm³/mol. The number of aromatic nitrogens is 2. The van der Waals surface area contributed by atoms with Crippen LogP contribution in [0.4, 0.5) is 22.7 Å². The van der Waals surface area contributed by atoms with Crippen molar-refractivity contribution in [1.82, 2.24) is 15.3 Å². The Morgan fingerprint density at radius 2 is 1.90 bits per heavy atom. The fourth-order valence-corrected chi connectivity index (χ4v) is 6.03. The number of fused-ring (bicyclic) bond motifs is 2. The number of thiazole rings is 1. The number of amides is 1. The number of carbonyl (C=O) groups is 1. The zero-order valence-corrected chi connectivity index (χ0v) is 22.0. The Bertz CT molecular complexity index is 1640. The molecule has 1 aliphatic carbocycles. The first-order valence-electron chi connectivity index (χ1n) is 12.6. The summed E-state index contributed by atoms with van der Waals surface area (Å²) >= 11 is 1.25. The second kappa shape index (κ2) is 9.41. The highest BCUT2D eigenvalue weighted by Gasteiger charge is 2.51. The number of benzene rings is 2. The van der Waals surface area contributed by atoms with Gasteiger partial charge in [0, 0.05) is 16.7 Å². The summed E-state index contributed by atoms with van der Waals surface area (Å²) in [5.41, 5.74) is 6.14. The molecule has 0 saturated heterocycles. The monoisotopic (exact) mass is 572 g/mol. The van der Waals surface area contributed by atoms with Gasteiger partial charge in [-0.15, -0.1) is 0 Å². The Kier molecular flexibility index (Phi) is 6.22. The molecule has 4 aromatic rings. The van der Waals surface area contributed by atoms with E-state index in [4.69, 9.17) is 10.5 Å². The summed E-state index contributed by atoms with van der Waals surface area (Å²) in [4.78, 5) is 22.0. The number of rotatable bonds is 6. The van der Waals surface area contributed by atoms with E-state index in [1.807, 2.05) is 6.92 Å². The summed E-state index contributed by atoms with van der Waals surface area (Å²) in [6.07, 6.45) is -3.37. The third-order valence-corrected chi connectivity index (χ3v) is 8.29. The van der Waals surface area contributed by atoms with Crippen molar-refractivity contribution < 1.29 is 32.2 Å². The van der Waals surface area contributed by atoms with Crippen LogP contribution in [0.1, 0.15) is 45.9 Å². The second-order valence-electron chi connectivity index (χ2n) is 10.3. The minimum atomic E-state index is -4.59. The predicted octanol–water partition coefficient (Wildman–Crippen LogP) is 5.45. The standard InChI is InChI=1S/C28H24F4N4O3S/c1-13-8-15(9-20-22(13)36-26(33)40-20)25(37)34-12-27(38,16-4-5-16)21-10-18-19(28(30,31)32)11-39-24(18)23(35-21)14-2-6-17(29)7-3-14/h2-3,6-10,16,19,38H,4-5,11-12H2,1H3,(H2,33,36)(H,34,37)/t19-,27-/m1/s1. The van der Waals surface area contributed by atoms with Crippen LogP contribution in [0.25, 0.3) is 21.5 Å². The molecule has 4 N–H and O–H groups in total. The summed E-state index contributed by atoms with van der Waals surface area (Å²) < 4.78 is 61.6. The van der Waals surface area contributed by atoms with E-state index in [9.17, 15) is 27.5 Å². The Hall–Kier alpha value is -3.77. The molecule has 40 heavy (non-hydrogen) atoms. The highest BCUT2D eigenvalue weighted by molar-refractivity contribution is 7.22. The number of carbonyl (C=O) groups excluding carboxylic acids is 1. The lowest BCUT2D eigenvalue weighted by atomic mass is 9.88. The molecule has 0 radical (unpaired) electrons. The van der Waals surface area contributed by atoms with Crippen molar-refractivity contribution in [2.45, 2.75) is 37.5 Å². The van der Waals surface area contributed by atoms with Crippen LogP contribution >= 0.6 is 11.3 Å². The average Bonchev–Trinajstić information content (AvgIpc) is 3.55. The third-order valence-electron chi connectivity index (χ3n) is 7.46. The molecule has 12 heteroatoms. The van der Waals surface area contributed by atoms with Gasteiger partial charge in [0.25, 0.3) is 5.91 Å². The SMILES string of the molecule is Cc1cc(C(=O)NC[C@](O)(c2cc3c(c(-c4ccc(F)cc4)n2)OC[C@H]3C(F)(F)F)C2CC2)cc2sc(N)nc12. The molecule has 0 bridgehead atoms. The van der Waals surface area contributed by atoms with Crippen LogP contribution in [-0.2, 0) is 5.60 Å². The number of aryl methyl sites for hydroxylation is 1. The molecule has 1 saturated carbocycles. The number of nitrogens with one attached hydrogen (secondary N) is 1. The molecule has 2 aromatic carbocycles. The van der Waals surface area contributed by atoms with Crippen molar-refractivity contribution in [2.24, 2.45) is 5.92 Å². The molecule has 6 rings (SSSR count). The highest BCUT2D eigenvalue weighted by atomic mass is 32.1. The van der Waals surface area contributed by atoms with Crippen molar-refractivity contribution in [3.05, 3.63) is 70.7 Å². The van der Waals surface area contributed by atoms with Crippen molar-refractivity contribution in [3.63, 3.8) is 0 Å². The van der Waals surface area contributed by atoms with Crippen molar-refractivity contribution in [1.29, 1.82) is 0 Å². The van der Waals surface area contributed by atoms with Crippen LogP contribution in [0.2, 0.25) is 0 Å². The van der Waals surface area contributed by atoms with Crippen LogP contribution in [0.5, 0.6) is 5.75 Å². The fraction of sp³-hybridized carbons (Fsp3) is 0.321. The Morgan fingerprint density at radius 1 is 1.18 bits per heavy atom. The molecule has 3 heterocycles. The molecule has 2 aromatic heterocycles. The first-order valence-corrected chi connectivity index (χ1v) is 13.4. The lowest BCUT2D eigenvalue weighted by Crippen LogP contribution is -2.43. The van der Waals surface area contributed by atoms with Crippen molar-refractivity contribution >= 4 is 32.6 Å². The quantitative estimate of drug-likeness (QED) is 0.265. The van der Waals surface area contributed by atoms with Crippen LogP contribution in [0.3, 0.4) is 0 Å². The Labute approximate surface area is 230 Å². The van der Waals surface area contributed by atoms with E-state index in [-0.39, 0.29) is 35.2 Å². The fourth-order valence-electron chi connectivity index (χ4n) is 5.18. The lowest BCUT2D eigenvalue weighted by molar-refractivity contribution is -0.151. The second-order valence-corrected chi connectivity index (χ2v) is 11.3. The topological polar surface area (TPSA) is 110 Å². The Balaban J connectivity index is 1.38. The number of ether oxygens (including phenoxy) is 1. The maximum atomic E-state index is 13.9. The third kappa shape index (κ3) is 4.64. The number of aliphatic hydroxyl groups is 1. The normalized spacial score (nSPS) is 18.3. The van der Waals surface area contributed by atoms with Gasteiger partial charge in [0.1, 0.15) is 35.4 Å². The molecule has 0 unspecified atom stereocenters. The van der Waals surface area contributed by atoms with E-state index >= 15 is 0 Å². The molecule has 2 atom stereocenters. The molecule has 0 spiro atoms. The van der Waals surface area contributed by atoms with Gasteiger partial charge in [-0.2, -0.15) is 13.2 Å². The van der Waals surface area contributed by atoms with Gasteiger partial charge in [0.05, 0.1) is 22.5 Å². The number of anilines is 1. The largest absolute Gasteiger partial charge is 0.490 e. The summed E-state index contributed by atoms with van der Waals surface area (Å²) in [5, 5.41) is 15.0. The van der Waals surface area contributed by atoms with Crippen LogP contribution < -0.4 is 15.8 Å². The average molecular weight is 573 g/mol. The van der Waals surface area contributed by atoms with E-state index < -0.39 is 36.0 Å². The maximum Gasteiger partial charge on any atom is 0.399 e. The summed E-state index contributed by atoms with van der Waals surface area (Å²) in [6.45, 7) is 0.911. The molecule has 1 aliphatic heterocycles. The van der Waals surface area contributed by atoms with E-state index in [2.05, 4.69) is 15.3 Å². The van der Waals surface area contributed by atoms with Gasteiger partial charge in [-0.1, -0.05) is 11.3 Å². The maximum absolute atomic E-state index is 13.9. The van der Waals surface area contributed by atoms with E-state index in [0.717, 1.165) is 10.3 Å². The zero-order valence-electron chi connectivity index (χ0n) is 21.2. The van der Waals surface area contributed by atoms with Gasteiger partial charge in [-0.05, 0) is 73.7 Å². The van der Waals surface area contributed by atoms with Crippen LogP contribution in [-0.4, -0.2) is 40.3 Å². The van der Waals surface area contributed by atoms with Gasteiger partial charge in [-0.25, -0.2) is 14.4 Å². The lowest BCUT2D eigenvalue weighted by Gasteiger charge is -2.29. The number of alkyl halides is 3. The number of nitrogens with zero attached hydrogens (tertiary/aromatic N) is 2. The number of hydrogen-bond acceptors (Lipinski definition) is 7. The zero-order chi connectivity index (χ0) is 28.4. The molecule has 2 aliphatic rings. The highest BCUT2D eigenvalue weighted by Crippen LogP contribution is 2.51.